The van der Waals surface area contributed by atoms with Gasteiger partial charge in [-0.25, -0.2) is 4.98 Å². The van der Waals surface area contributed by atoms with Crippen molar-refractivity contribution in [2.24, 2.45) is 5.92 Å². The van der Waals surface area contributed by atoms with E-state index in [1.54, 1.807) is 11.3 Å². The van der Waals surface area contributed by atoms with Crippen molar-refractivity contribution < 1.29 is 4.79 Å². The van der Waals surface area contributed by atoms with Gasteiger partial charge in [0.05, 0.1) is 17.8 Å². The zero-order valence-electron chi connectivity index (χ0n) is 15.0. The fourth-order valence-electron chi connectivity index (χ4n) is 4.07. The number of thiophene rings is 1. The summed E-state index contributed by atoms with van der Waals surface area (Å²) < 4.78 is 1.46. The van der Waals surface area contributed by atoms with E-state index >= 15 is 0 Å². The summed E-state index contributed by atoms with van der Waals surface area (Å²) in [5, 5.41) is 3.87. The van der Waals surface area contributed by atoms with Crippen molar-refractivity contribution in [1.29, 1.82) is 0 Å². The summed E-state index contributed by atoms with van der Waals surface area (Å²) in [6.07, 6.45) is 6.87. The Morgan fingerprint density at radius 3 is 2.85 bits per heavy atom. The second kappa shape index (κ2) is 6.60. The summed E-state index contributed by atoms with van der Waals surface area (Å²) in [5.74, 6) is 0.361. The van der Waals surface area contributed by atoms with Crippen LogP contribution >= 0.6 is 11.3 Å². The molecule has 27 heavy (non-hydrogen) atoms. The molecule has 1 aromatic carbocycles. The molecular weight excluding hydrogens is 358 g/mol. The van der Waals surface area contributed by atoms with E-state index in [-0.39, 0.29) is 24.1 Å². The first-order chi connectivity index (χ1) is 13.2. The van der Waals surface area contributed by atoms with Gasteiger partial charge in [-0.1, -0.05) is 30.3 Å². The van der Waals surface area contributed by atoms with Crippen LogP contribution in [0.25, 0.3) is 10.2 Å². The highest BCUT2D eigenvalue weighted by atomic mass is 32.1. The largest absolute Gasteiger partial charge is 0.347 e. The smallest absolute Gasteiger partial charge is 0.262 e. The maximum Gasteiger partial charge on any atom is 0.262 e. The number of amides is 1. The van der Waals surface area contributed by atoms with Crippen LogP contribution in [0, 0.1) is 5.92 Å². The van der Waals surface area contributed by atoms with E-state index in [9.17, 15) is 9.59 Å². The molecule has 1 saturated carbocycles. The van der Waals surface area contributed by atoms with Crippen LogP contribution in [0.15, 0.2) is 41.5 Å². The minimum Gasteiger partial charge on any atom is -0.347 e. The lowest BCUT2D eigenvalue weighted by Crippen LogP contribution is -2.35. The van der Waals surface area contributed by atoms with Gasteiger partial charge < -0.3 is 5.32 Å². The van der Waals surface area contributed by atoms with Crippen LogP contribution < -0.4 is 10.9 Å². The number of fused-ring (bicyclic) bond motifs is 3. The lowest BCUT2D eigenvalue weighted by atomic mass is 10.0. The normalized spacial score (nSPS) is 17.0. The number of aryl methyl sites for hydroxylation is 2. The molecule has 1 amide bonds. The van der Waals surface area contributed by atoms with Crippen molar-refractivity contribution in [1.82, 2.24) is 14.9 Å². The van der Waals surface area contributed by atoms with E-state index < -0.39 is 0 Å². The fraction of sp³-hybridized carbons (Fsp3) is 0.381. The minimum atomic E-state index is -0.133. The molecular formula is C21H21N3O2S. The Balaban J connectivity index is 1.39. The lowest BCUT2D eigenvalue weighted by Gasteiger charge is -2.19. The number of hydrogen-bond donors (Lipinski definition) is 1. The summed E-state index contributed by atoms with van der Waals surface area (Å²) in [4.78, 5) is 32.2. The first-order valence-electron chi connectivity index (χ1n) is 9.54. The molecule has 5 nitrogen and oxygen atoms in total. The summed E-state index contributed by atoms with van der Waals surface area (Å²) in [6, 6.07) is 10.1. The average Bonchev–Trinajstić information content (AvgIpc) is 3.31. The van der Waals surface area contributed by atoms with E-state index in [0.29, 0.717) is 5.92 Å². The van der Waals surface area contributed by atoms with Gasteiger partial charge >= 0.3 is 0 Å². The molecule has 2 aliphatic carbocycles. The molecule has 0 bridgehead atoms. The minimum absolute atomic E-state index is 0.0163. The van der Waals surface area contributed by atoms with Gasteiger partial charge in [-0.15, -0.1) is 11.3 Å². The lowest BCUT2D eigenvalue weighted by molar-refractivity contribution is -0.122. The Morgan fingerprint density at radius 1 is 1.26 bits per heavy atom. The number of carbonyl (C=O) groups is 1. The molecule has 0 saturated heterocycles. The van der Waals surface area contributed by atoms with Crippen LogP contribution in [0.5, 0.6) is 0 Å². The number of aromatic nitrogens is 2. The van der Waals surface area contributed by atoms with Crippen LogP contribution in [0.1, 0.15) is 41.3 Å². The van der Waals surface area contributed by atoms with E-state index in [2.05, 4.69) is 22.4 Å². The van der Waals surface area contributed by atoms with Gasteiger partial charge in [0.1, 0.15) is 11.4 Å². The Morgan fingerprint density at radius 2 is 2.07 bits per heavy atom. The first kappa shape index (κ1) is 16.7. The average molecular weight is 379 g/mol. The Hall–Kier alpha value is -2.47. The van der Waals surface area contributed by atoms with Crippen molar-refractivity contribution in [3.63, 3.8) is 0 Å². The number of carbonyl (C=O) groups excluding carboxylic acids is 1. The molecule has 1 fully saturated rings. The highest BCUT2D eigenvalue weighted by Gasteiger charge is 2.33. The molecule has 0 aliphatic heterocycles. The standard InChI is InChI=1S/C21H21N3O2S/c25-17(23-19(14-9-10-14)13-5-2-1-3-6-13)11-24-12-22-20-18(21(24)26)15-7-4-8-16(15)27-20/h1-3,5-6,12,14,19H,4,7-11H2,(H,23,25). The molecule has 138 valence electrons. The predicted molar refractivity (Wildman–Crippen MR) is 106 cm³/mol. The highest BCUT2D eigenvalue weighted by molar-refractivity contribution is 7.18. The molecule has 1 atom stereocenters. The molecule has 2 aliphatic rings. The number of hydrogen-bond acceptors (Lipinski definition) is 4. The van der Waals surface area contributed by atoms with Crippen LogP contribution in [0.3, 0.4) is 0 Å². The predicted octanol–water partition coefficient (Wildman–Crippen LogP) is 3.21. The number of rotatable bonds is 5. The molecule has 0 radical (unpaired) electrons. The molecule has 6 heteroatoms. The molecule has 1 N–H and O–H groups in total. The third kappa shape index (κ3) is 3.08. The molecule has 5 rings (SSSR count). The molecule has 0 spiro atoms. The molecule has 2 aromatic heterocycles. The maximum atomic E-state index is 12.9. The SMILES string of the molecule is O=C(Cn1cnc2sc3c(c2c1=O)CCC3)NC(c1ccccc1)C1CC1. The third-order valence-electron chi connectivity index (χ3n) is 5.57. The number of nitrogens with zero attached hydrogens (tertiary/aromatic N) is 2. The van der Waals surface area contributed by atoms with Crippen LogP contribution in [0.4, 0.5) is 0 Å². The summed E-state index contributed by atoms with van der Waals surface area (Å²) in [7, 11) is 0. The summed E-state index contributed by atoms with van der Waals surface area (Å²) in [5.41, 5.74) is 2.20. The second-order valence-corrected chi connectivity index (χ2v) is 8.59. The van der Waals surface area contributed by atoms with E-state index in [0.717, 1.165) is 53.4 Å². The zero-order valence-corrected chi connectivity index (χ0v) is 15.8. The summed E-state index contributed by atoms with van der Waals surface area (Å²) >= 11 is 1.62. The van der Waals surface area contributed by atoms with E-state index in [1.807, 2.05) is 18.2 Å². The molecule has 3 aromatic rings. The number of nitrogens with one attached hydrogen (secondary N) is 1. The van der Waals surface area contributed by atoms with Gasteiger partial charge in [-0.2, -0.15) is 0 Å². The van der Waals surface area contributed by atoms with Crippen LogP contribution in [-0.4, -0.2) is 15.5 Å². The third-order valence-corrected chi connectivity index (χ3v) is 6.77. The first-order valence-corrected chi connectivity index (χ1v) is 10.4. The van der Waals surface area contributed by atoms with Crippen molar-refractivity contribution in [3.8, 4) is 0 Å². The Bertz CT molecular complexity index is 1070. The quantitative estimate of drug-likeness (QED) is 0.740. The van der Waals surface area contributed by atoms with Crippen molar-refractivity contribution in [2.45, 2.75) is 44.7 Å². The molecule has 2 heterocycles. The number of benzene rings is 1. The van der Waals surface area contributed by atoms with Crippen LogP contribution in [0.2, 0.25) is 0 Å². The summed E-state index contributed by atoms with van der Waals surface area (Å²) in [6.45, 7) is 0.0163. The van der Waals surface area contributed by atoms with Crippen molar-refractivity contribution >= 4 is 27.5 Å². The van der Waals surface area contributed by atoms with Crippen molar-refractivity contribution in [2.75, 3.05) is 0 Å². The van der Waals surface area contributed by atoms with Gasteiger partial charge in [-0.3, -0.25) is 14.2 Å². The van der Waals surface area contributed by atoms with E-state index in [4.69, 9.17) is 0 Å². The zero-order chi connectivity index (χ0) is 18.4. The Labute approximate surface area is 161 Å². The highest BCUT2D eigenvalue weighted by Crippen LogP contribution is 2.41. The monoisotopic (exact) mass is 379 g/mol. The molecule has 1 unspecified atom stereocenters. The topological polar surface area (TPSA) is 64.0 Å². The van der Waals surface area contributed by atoms with E-state index in [1.165, 1.54) is 15.8 Å². The van der Waals surface area contributed by atoms with Crippen molar-refractivity contribution in [3.05, 3.63) is 63.0 Å². The Kier molecular flexibility index (Phi) is 4.08. The fourth-order valence-corrected chi connectivity index (χ4v) is 5.29. The van der Waals surface area contributed by atoms with Gasteiger partial charge in [0.2, 0.25) is 5.91 Å². The van der Waals surface area contributed by atoms with Gasteiger partial charge in [0, 0.05) is 4.88 Å². The second-order valence-electron chi connectivity index (χ2n) is 7.51. The van der Waals surface area contributed by atoms with Gasteiger partial charge in [0.25, 0.3) is 5.56 Å². The maximum absolute atomic E-state index is 12.9. The van der Waals surface area contributed by atoms with Crippen LogP contribution in [-0.2, 0) is 24.2 Å². The van der Waals surface area contributed by atoms with Gasteiger partial charge in [-0.05, 0) is 49.1 Å². The van der Waals surface area contributed by atoms with Gasteiger partial charge in [0.15, 0.2) is 0 Å².